The van der Waals surface area contributed by atoms with Crippen molar-refractivity contribution in [3.05, 3.63) is 12.3 Å². The molecule has 1 unspecified atom stereocenters. The van der Waals surface area contributed by atoms with Crippen molar-refractivity contribution in [1.82, 2.24) is 4.90 Å². The molecule has 0 aromatic rings. The smallest absolute Gasteiger partial charge is 0.339 e. The van der Waals surface area contributed by atoms with Gasteiger partial charge in [0.2, 0.25) is 0 Å². The first-order chi connectivity index (χ1) is 6.17. The zero-order valence-corrected chi connectivity index (χ0v) is 7.82. The van der Waals surface area contributed by atoms with Crippen LogP contribution in [0.3, 0.4) is 0 Å². The van der Waals surface area contributed by atoms with Gasteiger partial charge in [-0.05, 0) is 13.1 Å². The first-order valence-corrected chi connectivity index (χ1v) is 4.20. The van der Waals surface area contributed by atoms with E-state index in [1.165, 1.54) is 0 Å². The molecule has 0 fully saturated rings. The Bertz CT molecular complexity index is 249. The van der Waals surface area contributed by atoms with E-state index in [1.807, 2.05) is 0 Å². The fraction of sp³-hybridized carbons (Fsp3) is 0.556. The summed E-state index contributed by atoms with van der Waals surface area (Å²) < 4.78 is 4.84. The minimum atomic E-state index is -1.12. The molecule has 1 aliphatic rings. The van der Waals surface area contributed by atoms with Crippen LogP contribution in [0.1, 0.15) is 13.3 Å². The van der Waals surface area contributed by atoms with Gasteiger partial charge in [0.25, 0.3) is 0 Å². The van der Waals surface area contributed by atoms with Crippen LogP contribution in [0.4, 0.5) is 0 Å². The normalized spacial score (nSPS) is 26.2. The van der Waals surface area contributed by atoms with Crippen LogP contribution in [0.25, 0.3) is 0 Å². The van der Waals surface area contributed by atoms with Gasteiger partial charge in [-0.2, -0.15) is 0 Å². The van der Waals surface area contributed by atoms with Crippen LogP contribution in [0.15, 0.2) is 12.3 Å². The van der Waals surface area contributed by atoms with Gasteiger partial charge in [-0.25, -0.2) is 4.79 Å². The first-order valence-electron chi connectivity index (χ1n) is 4.20. The van der Waals surface area contributed by atoms with Gasteiger partial charge in [0.1, 0.15) is 0 Å². The van der Waals surface area contributed by atoms with E-state index in [2.05, 4.69) is 0 Å². The third kappa shape index (κ3) is 1.43. The van der Waals surface area contributed by atoms with Crippen LogP contribution in [0, 0.1) is 0 Å². The molecular weight excluding hydrogens is 170 g/mol. The Morgan fingerprint density at radius 3 is 2.85 bits per heavy atom. The second kappa shape index (κ2) is 3.60. The van der Waals surface area contributed by atoms with Crippen LogP contribution in [-0.4, -0.2) is 36.3 Å². The van der Waals surface area contributed by atoms with Gasteiger partial charge in [-0.15, -0.1) is 0 Å². The molecule has 0 aromatic carbocycles. The van der Waals surface area contributed by atoms with Gasteiger partial charge in [0, 0.05) is 13.5 Å². The number of carbonyl (C=O) groups excluding carboxylic acids is 2. The SMILES string of the molecule is CCOC(=O)C1(C=O)CC=CN1C. The lowest BCUT2D eigenvalue weighted by molar-refractivity contribution is -0.156. The number of nitrogens with zero attached hydrogens (tertiary/aromatic N) is 1. The zero-order valence-electron chi connectivity index (χ0n) is 7.82. The number of esters is 1. The molecule has 0 saturated heterocycles. The molecule has 1 aliphatic heterocycles. The molecule has 13 heavy (non-hydrogen) atoms. The topological polar surface area (TPSA) is 46.6 Å². The van der Waals surface area contributed by atoms with E-state index < -0.39 is 11.5 Å². The largest absolute Gasteiger partial charge is 0.464 e. The first kappa shape index (κ1) is 9.77. The highest BCUT2D eigenvalue weighted by molar-refractivity contribution is 5.99. The summed E-state index contributed by atoms with van der Waals surface area (Å²) in [6.07, 6.45) is 4.54. The molecule has 0 radical (unpaired) electrons. The van der Waals surface area contributed by atoms with Crippen molar-refractivity contribution in [1.29, 1.82) is 0 Å². The highest BCUT2D eigenvalue weighted by atomic mass is 16.5. The average molecular weight is 183 g/mol. The van der Waals surface area contributed by atoms with Crippen LogP contribution in [-0.2, 0) is 14.3 Å². The summed E-state index contributed by atoms with van der Waals surface area (Å²) in [5.74, 6) is -0.475. The molecule has 1 atom stereocenters. The van der Waals surface area contributed by atoms with Crippen molar-refractivity contribution in [3.63, 3.8) is 0 Å². The Balaban J connectivity index is 2.82. The maximum absolute atomic E-state index is 11.5. The summed E-state index contributed by atoms with van der Waals surface area (Å²) >= 11 is 0. The number of carbonyl (C=O) groups is 2. The quantitative estimate of drug-likeness (QED) is 0.359. The van der Waals surface area contributed by atoms with Gasteiger partial charge in [-0.3, -0.25) is 0 Å². The molecule has 72 valence electrons. The Hall–Kier alpha value is -1.32. The van der Waals surface area contributed by atoms with Crippen LogP contribution in [0.2, 0.25) is 0 Å². The Labute approximate surface area is 77.2 Å². The van der Waals surface area contributed by atoms with Gasteiger partial charge in [-0.1, -0.05) is 6.08 Å². The molecular formula is C9H13NO3. The van der Waals surface area contributed by atoms with Crippen molar-refractivity contribution in [2.24, 2.45) is 0 Å². The Kier molecular flexibility index (Phi) is 2.70. The maximum Gasteiger partial charge on any atom is 0.339 e. The Morgan fingerprint density at radius 1 is 1.77 bits per heavy atom. The molecule has 4 heteroatoms. The minimum Gasteiger partial charge on any atom is -0.464 e. The molecule has 0 aliphatic carbocycles. The van der Waals surface area contributed by atoms with E-state index in [0.29, 0.717) is 19.3 Å². The van der Waals surface area contributed by atoms with E-state index in [1.54, 1.807) is 31.1 Å². The van der Waals surface area contributed by atoms with E-state index in [-0.39, 0.29) is 0 Å². The van der Waals surface area contributed by atoms with E-state index >= 15 is 0 Å². The van der Waals surface area contributed by atoms with Crippen molar-refractivity contribution >= 4 is 12.3 Å². The molecule has 1 heterocycles. The summed E-state index contributed by atoms with van der Waals surface area (Å²) in [4.78, 5) is 23.9. The van der Waals surface area contributed by atoms with Gasteiger partial charge in [0.05, 0.1) is 6.61 Å². The van der Waals surface area contributed by atoms with Crippen LogP contribution >= 0.6 is 0 Å². The standard InChI is InChI=1S/C9H13NO3/c1-3-13-8(12)9(7-11)5-4-6-10(9)2/h4,6-7H,3,5H2,1-2H3. The fourth-order valence-electron chi connectivity index (χ4n) is 1.33. The van der Waals surface area contributed by atoms with E-state index in [4.69, 9.17) is 4.74 Å². The molecule has 1 rings (SSSR count). The third-order valence-electron chi connectivity index (χ3n) is 2.21. The predicted octanol–water partition coefficient (Wildman–Crippen LogP) is 0.336. The van der Waals surface area contributed by atoms with E-state index in [9.17, 15) is 9.59 Å². The summed E-state index contributed by atoms with van der Waals surface area (Å²) in [6, 6.07) is 0. The number of aldehydes is 1. The molecule has 0 spiro atoms. The van der Waals surface area contributed by atoms with Crippen molar-refractivity contribution in [2.75, 3.05) is 13.7 Å². The molecule has 0 saturated carbocycles. The van der Waals surface area contributed by atoms with Gasteiger partial charge < -0.3 is 14.4 Å². The van der Waals surface area contributed by atoms with E-state index in [0.717, 1.165) is 0 Å². The second-order valence-electron chi connectivity index (χ2n) is 2.96. The van der Waals surface area contributed by atoms with Crippen LogP contribution < -0.4 is 0 Å². The minimum absolute atomic E-state index is 0.294. The monoisotopic (exact) mass is 183 g/mol. The number of likely N-dealkylation sites (N-methyl/N-ethyl adjacent to an activating group) is 1. The molecule has 0 aromatic heterocycles. The highest BCUT2D eigenvalue weighted by Gasteiger charge is 2.44. The average Bonchev–Trinajstić information content (AvgIpc) is 2.48. The number of rotatable bonds is 3. The predicted molar refractivity (Wildman–Crippen MR) is 46.9 cm³/mol. The van der Waals surface area contributed by atoms with Gasteiger partial charge >= 0.3 is 5.97 Å². The summed E-state index contributed by atoms with van der Waals surface area (Å²) in [5, 5.41) is 0. The highest BCUT2D eigenvalue weighted by Crippen LogP contribution is 2.24. The summed E-state index contributed by atoms with van der Waals surface area (Å²) in [6.45, 7) is 2.01. The zero-order chi connectivity index (χ0) is 9.90. The van der Waals surface area contributed by atoms with Gasteiger partial charge in [0.15, 0.2) is 11.8 Å². The lowest BCUT2D eigenvalue weighted by Gasteiger charge is -2.28. The maximum atomic E-state index is 11.5. The number of hydrogen-bond acceptors (Lipinski definition) is 4. The molecule has 0 amide bonds. The van der Waals surface area contributed by atoms with Crippen molar-refractivity contribution in [2.45, 2.75) is 18.9 Å². The third-order valence-corrected chi connectivity index (χ3v) is 2.21. The second-order valence-corrected chi connectivity index (χ2v) is 2.96. The summed E-state index contributed by atoms with van der Waals surface area (Å²) in [5.41, 5.74) is -1.12. The molecule has 4 nitrogen and oxygen atoms in total. The Morgan fingerprint density at radius 2 is 2.46 bits per heavy atom. The summed E-state index contributed by atoms with van der Waals surface area (Å²) in [7, 11) is 1.69. The lowest BCUT2D eigenvalue weighted by atomic mass is 9.99. The van der Waals surface area contributed by atoms with Crippen LogP contribution in [0.5, 0.6) is 0 Å². The number of ether oxygens (including phenoxy) is 1. The van der Waals surface area contributed by atoms with Crippen molar-refractivity contribution in [3.8, 4) is 0 Å². The molecule has 0 bridgehead atoms. The lowest BCUT2D eigenvalue weighted by Crippen LogP contribution is -2.50. The van der Waals surface area contributed by atoms with Crippen molar-refractivity contribution < 1.29 is 14.3 Å². The number of hydrogen-bond donors (Lipinski definition) is 0. The molecule has 0 N–H and O–H groups in total. The fourth-order valence-corrected chi connectivity index (χ4v) is 1.33.